The van der Waals surface area contributed by atoms with Crippen LogP contribution < -0.4 is 4.74 Å². The maximum atomic E-state index is 9.38. The van der Waals surface area contributed by atoms with Crippen molar-refractivity contribution in [2.75, 3.05) is 19.7 Å². The molecule has 1 fully saturated rings. The van der Waals surface area contributed by atoms with E-state index in [2.05, 4.69) is 52.4 Å². The van der Waals surface area contributed by atoms with Gasteiger partial charge in [-0.1, -0.05) is 59.6 Å². The predicted octanol–water partition coefficient (Wildman–Crippen LogP) is 6.75. The van der Waals surface area contributed by atoms with Gasteiger partial charge in [-0.25, -0.2) is 0 Å². The van der Waals surface area contributed by atoms with E-state index in [1.807, 2.05) is 19.1 Å². The summed E-state index contributed by atoms with van der Waals surface area (Å²) in [7, 11) is 0. The van der Waals surface area contributed by atoms with Crippen molar-refractivity contribution < 1.29 is 9.84 Å². The summed E-state index contributed by atoms with van der Waals surface area (Å²) in [6, 6.07) is 14.7. The van der Waals surface area contributed by atoms with Crippen LogP contribution in [0.25, 0.3) is 6.08 Å². The number of aliphatic hydroxyl groups is 1. The lowest BCUT2D eigenvalue weighted by Gasteiger charge is -2.31. The number of rotatable bonds is 8. The summed E-state index contributed by atoms with van der Waals surface area (Å²) in [5.74, 6) is 1.20. The number of halogens is 2. The van der Waals surface area contributed by atoms with E-state index in [4.69, 9.17) is 32.9 Å². The van der Waals surface area contributed by atoms with Crippen molar-refractivity contribution in [1.82, 2.24) is 9.88 Å². The Morgan fingerprint density at radius 3 is 2.62 bits per heavy atom. The molecule has 0 spiro atoms. The second-order valence-corrected chi connectivity index (χ2v) is 10.6. The zero-order chi connectivity index (χ0) is 25.8. The molecule has 37 heavy (non-hydrogen) atoms. The van der Waals surface area contributed by atoms with Gasteiger partial charge in [0.25, 0.3) is 0 Å². The fourth-order valence-corrected chi connectivity index (χ4v) is 5.70. The van der Waals surface area contributed by atoms with Crippen molar-refractivity contribution in [3.63, 3.8) is 0 Å². The van der Waals surface area contributed by atoms with Crippen LogP contribution in [-0.4, -0.2) is 40.4 Å². The Morgan fingerprint density at radius 1 is 1.08 bits per heavy atom. The largest absolute Gasteiger partial charge is 0.486 e. The number of pyridine rings is 1. The summed E-state index contributed by atoms with van der Waals surface area (Å²) in [6.45, 7) is 5.92. The van der Waals surface area contributed by atoms with Crippen LogP contribution >= 0.6 is 23.2 Å². The minimum absolute atomic E-state index is 0.307. The van der Waals surface area contributed by atoms with Gasteiger partial charge in [0.2, 0.25) is 0 Å². The number of aliphatic imine (C=N–C) groups is 1. The Labute approximate surface area is 228 Å². The second kappa shape index (κ2) is 11.8. The van der Waals surface area contributed by atoms with Crippen molar-refractivity contribution in [3.05, 3.63) is 98.8 Å². The van der Waals surface area contributed by atoms with Crippen LogP contribution in [0.2, 0.25) is 10.0 Å². The number of nitrogens with zero attached hydrogens (tertiary/aromatic N) is 3. The maximum absolute atomic E-state index is 9.38. The molecule has 0 aliphatic carbocycles. The molecule has 2 aliphatic heterocycles. The van der Waals surface area contributed by atoms with Crippen molar-refractivity contribution in [2.24, 2.45) is 10.9 Å². The van der Waals surface area contributed by atoms with E-state index in [-0.39, 0.29) is 6.10 Å². The normalized spacial score (nSPS) is 17.1. The van der Waals surface area contributed by atoms with Crippen LogP contribution in [0.4, 0.5) is 0 Å². The third-order valence-corrected chi connectivity index (χ3v) is 7.75. The van der Waals surface area contributed by atoms with Crippen LogP contribution in [0.5, 0.6) is 5.75 Å². The monoisotopic (exact) mass is 535 g/mol. The molecule has 0 unspecified atom stereocenters. The molecule has 1 aromatic heterocycles. The Balaban J connectivity index is 1.26. The number of aromatic nitrogens is 1. The van der Waals surface area contributed by atoms with Gasteiger partial charge in [0.1, 0.15) is 11.9 Å². The smallest absolute Gasteiger partial charge is 0.124 e. The summed E-state index contributed by atoms with van der Waals surface area (Å²) >= 11 is 12.6. The highest BCUT2D eigenvalue weighted by molar-refractivity contribution is 6.35. The predicted molar refractivity (Wildman–Crippen MR) is 151 cm³/mol. The summed E-state index contributed by atoms with van der Waals surface area (Å²) < 4.78 is 6.21. The Bertz CT molecular complexity index is 1300. The molecule has 192 valence electrons. The van der Waals surface area contributed by atoms with Gasteiger partial charge in [0.15, 0.2) is 0 Å². The first-order chi connectivity index (χ1) is 18.0. The number of piperidine rings is 1. The van der Waals surface area contributed by atoms with Crippen LogP contribution in [0, 0.1) is 5.92 Å². The van der Waals surface area contributed by atoms with Crippen LogP contribution in [0.15, 0.2) is 65.9 Å². The van der Waals surface area contributed by atoms with Gasteiger partial charge in [0.05, 0.1) is 22.3 Å². The number of ether oxygens (including phenoxy) is 1. The molecule has 2 aromatic carbocycles. The topological polar surface area (TPSA) is 58.0 Å². The number of aliphatic hydroxyl groups excluding tert-OH is 1. The first-order valence-electron chi connectivity index (χ1n) is 12.7. The standard InChI is InChI=1S/C30H31Cl2N3O2/c1-20(30-27(31)16-33-17-28(30)32)37-25-7-6-24-15-34-29(26(24)14-25)8-5-21-3-2-4-23(13-21)18-35-11-9-22(19-36)10-12-35/h2-8,13-14,16-17,20,22,36H,9-12,15,18-19H2,1H3/b8-5+/t20-/m1/s1. The lowest BCUT2D eigenvalue weighted by atomic mass is 9.97. The van der Waals surface area contributed by atoms with Gasteiger partial charge in [-0.15, -0.1) is 0 Å². The summed E-state index contributed by atoms with van der Waals surface area (Å²) in [5, 5.41) is 10.4. The molecule has 2 aliphatic rings. The lowest BCUT2D eigenvalue weighted by molar-refractivity contribution is 0.127. The molecule has 1 atom stereocenters. The minimum Gasteiger partial charge on any atom is -0.486 e. The van der Waals surface area contributed by atoms with E-state index in [9.17, 15) is 5.11 Å². The number of benzene rings is 2. The van der Waals surface area contributed by atoms with Gasteiger partial charge < -0.3 is 9.84 Å². The molecule has 1 N–H and O–H groups in total. The zero-order valence-electron chi connectivity index (χ0n) is 20.9. The van der Waals surface area contributed by atoms with Gasteiger partial charge >= 0.3 is 0 Å². The molecular weight excluding hydrogens is 505 g/mol. The first-order valence-corrected chi connectivity index (χ1v) is 13.5. The first kappa shape index (κ1) is 25.9. The van der Waals surface area contributed by atoms with Crippen LogP contribution in [0.1, 0.15) is 53.7 Å². The highest BCUT2D eigenvalue weighted by atomic mass is 35.5. The average Bonchev–Trinajstić information content (AvgIpc) is 3.30. The average molecular weight is 537 g/mol. The van der Waals surface area contributed by atoms with E-state index in [0.29, 0.717) is 29.1 Å². The molecule has 0 bridgehead atoms. The molecule has 0 amide bonds. The van der Waals surface area contributed by atoms with Gasteiger partial charge in [-0.05, 0) is 73.7 Å². The van der Waals surface area contributed by atoms with E-state index in [1.54, 1.807) is 12.4 Å². The Kier molecular flexibility index (Phi) is 8.26. The third kappa shape index (κ3) is 6.24. The number of fused-ring (bicyclic) bond motifs is 1. The molecule has 5 nitrogen and oxygen atoms in total. The fraction of sp³-hybridized carbons (Fsp3) is 0.333. The summed E-state index contributed by atoms with van der Waals surface area (Å²) in [4.78, 5) is 11.2. The van der Waals surface area contributed by atoms with Crippen molar-refractivity contribution in [3.8, 4) is 5.75 Å². The van der Waals surface area contributed by atoms with Crippen molar-refractivity contribution in [2.45, 2.75) is 39.0 Å². The quantitative estimate of drug-likeness (QED) is 0.346. The number of allylic oxidation sites excluding steroid dienone is 1. The molecule has 1 saturated heterocycles. The Hall–Kier alpha value is -2.70. The minimum atomic E-state index is -0.324. The molecule has 0 saturated carbocycles. The maximum Gasteiger partial charge on any atom is 0.124 e. The molecular formula is C30H31Cl2N3O2. The number of hydrogen-bond acceptors (Lipinski definition) is 5. The molecule has 3 heterocycles. The summed E-state index contributed by atoms with van der Waals surface area (Å²) in [5.41, 5.74) is 6.39. The Morgan fingerprint density at radius 2 is 1.86 bits per heavy atom. The van der Waals surface area contributed by atoms with Gasteiger partial charge in [-0.2, -0.15) is 0 Å². The van der Waals surface area contributed by atoms with E-state index >= 15 is 0 Å². The zero-order valence-corrected chi connectivity index (χ0v) is 22.4. The van der Waals surface area contributed by atoms with Gasteiger partial charge in [-0.3, -0.25) is 14.9 Å². The van der Waals surface area contributed by atoms with E-state index in [0.717, 1.165) is 60.6 Å². The summed E-state index contributed by atoms with van der Waals surface area (Å²) in [6.07, 6.45) is 9.19. The van der Waals surface area contributed by atoms with E-state index in [1.165, 1.54) is 11.1 Å². The SMILES string of the molecule is C[C@@H](Oc1ccc2c(c1)C(/C=C/c1cccc(CN3CCC(CO)CC3)c1)=NC2)c1c(Cl)cncc1Cl. The molecule has 5 rings (SSSR count). The van der Waals surface area contributed by atoms with Crippen LogP contribution in [0.3, 0.4) is 0 Å². The molecule has 3 aromatic rings. The molecule has 0 radical (unpaired) electrons. The lowest BCUT2D eigenvalue weighted by Crippen LogP contribution is -2.34. The highest BCUT2D eigenvalue weighted by Gasteiger charge is 2.20. The number of likely N-dealkylation sites (tertiary alicyclic amines) is 1. The van der Waals surface area contributed by atoms with Crippen LogP contribution in [-0.2, 0) is 13.1 Å². The third-order valence-electron chi connectivity index (χ3n) is 7.14. The van der Waals surface area contributed by atoms with Gasteiger partial charge in [0, 0.05) is 36.7 Å². The number of hydrogen-bond donors (Lipinski definition) is 1. The van der Waals surface area contributed by atoms with E-state index < -0.39 is 0 Å². The fourth-order valence-electron chi connectivity index (χ4n) is 5.03. The second-order valence-electron chi connectivity index (χ2n) is 9.78. The van der Waals surface area contributed by atoms with Crippen molar-refractivity contribution >= 4 is 35.0 Å². The highest BCUT2D eigenvalue weighted by Crippen LogP contribution is 2.33. The van der Waals surface area contributed by atoms with Crippen molar-refractivity contribution in [1.29, 1.82) is 0 Å². The molecule has 7 heteroatoms.